The molecule has 0 bridgehead atoms. The Morgan fingerprint density at radius 1 is 1.19 bits per heavy atom. The first-order valence-corrected chi connectivity index (χ1v) is 16.2. The number of nitrogens with one attached hydrogen (secondary N) is 2. The van der Waals surface area contributed by atoms with E-state index in [4.69, 9.17) is 23.2 Å². The third-order valence-electron chi connectivity index (χ3n) is 7.10. The number of fused-ring (bicyclic) bond motifs is 1. The largest absolute Gasteiger partial charge is 0.342 e. The van der Waals surface area contributed by atoms with Crippen molar-refractivity contribution in [2.75, 3.05) is 37.1 Å². The van der Waals surface area contributed by atoms with E-state index in [0.29, 0.717) is 38.9 Å². The van der Waals surface area contributed by atoms with Crippen LogP contribution in [0.4, 0.5) is 17.5 Å². The van der Waals surface area contributed by atoms with E-state index in [2.05, 4.69) is 50.3 Å². The summed E-state index contributed by atoms with van der Waals surface area (Å²) in [5.74, 6) is 0.856. The average molecular weight is 561 g/mol. The molecule has 1 aromatic heterocycles. The van der Waals surface area contributed by atoms with Gasteiger partial charge in [-0.3, -0.25) is 0 Å². The Bertz CT molecular complexity index is 1260. The lowest BCUT2D eigenvalue weighted by atomic mass is 10.0. The van der Waals surface area contributed by atoms with Gasteiger partial charge < -0.3 is 20.1 Å². The minimum atomic E-state index is -2.64. The molecule has 1 fully saturated rings. The Balaban J connectivity index is 1.52. The van der Waals surface area contributed by atoms with E-state index in [1.165, 1.54) is 56.0 Å². The number of allylic oxidation sites excluding steroid dienone is 5. The zero-order valence-electron chi connectivity index (χ0n) is 21.9. The highest BCUT2D eigenvalue weighted by molar-refractivity contribution is 7.67. The van der Waals surface area contributed by atoms with Crippen molar-refractivity contribution in [1.82, 2.24) is 14.9 Å². The van der Waals surface area contributed by atoms with E-state index in [9.17, 15) is 4.57 Å². The molecule has 6 nitrogen and oxygen atoms in total. The van der Waals surface area contributed by atoms with Crippen LogP contribution < -0.4 is 10.6 Å². The maximum absolute atomic E-state index is 12.9. The van der Waals surface area contributed by atoms with Crippen LogP contribution >= 0.6 is 30.3 Å². The number of halogens is 2. The van der Waals surface area contributed by atoms with Crippen LogP contribution in [0.25, 0.3) is 0 Å². The van der Waals surface area contributed by atoms with Gasteiger partial charge in [-0.25, -0.2) is 4.98 Å². The normalized spacial score (nSPS) is 19.6. The van der Waals surface area contributed by atoms with Crippen LogP contribution in [0.3, 0.4) is 0 Å². The van der Waals surface area contributed by atoms with Gasteiger partial charge in [0.2, 0.25) is 5.95 Å². The molecule has 2 heterocycles. The number of benzene rings is 1. The van der Waals surface area contributed by atoms with Crippen molar-refractivity contribution in [3.05, 3.63) is 75.3 Å². The van der Waals surface area contributed by atoms with Crippen molar-refractivity contribution in [2.24, 2.45) is 0 Å². The lowest BCUT2D eigenvalue weighted by Gasteiger charge is -2.25. The number of hydrogen-bond donors (Lipinski definition) is 2. The third kappa shape index (κ3) is 7.26. The maximum Gasteiger partial charge on any atom is 0.229 e. The molecule has 1 saturated heterocycles. The summed E-state index contributed by atoms with van der Waals surface area (Å²) >= 11 is 12.6. The van der Waals surface area contributed by atoms with E-state index in [-0.39, 0.29) is 0 Å². The second kappa shape index (κ2) is 12.2. The predicted octanol–water partition coefficient (Wildman–Crippen LogP) is 7.79. The van der Waals surface area contributed by atoms with Crippen LogP contribution in [-0.4, -0.2) is 47.3 Å². The van der Waals surface area contributed by atoms with Crippen LogP contribution in [0.1, 0.15) is 43.7 Å². The van der Waals surface area contributed by atoms with Gasteiger partial charge in [0.05, 0.1) is 6.20 Å². The second-order valence-electron chi connectivity index (χ2n) is 10.2. The molecule has 1 aromatic carbocycles. The van der Waals surface area contributed by atoms with Crippen molar-refractivity contribution < 1.29 is 4.57 Å². The number of anilines is 3. The summed E-state index contributed by atoms with van der Waals surface area (Å²) in [5.41, 5.74) is 4.44. The summed E-state index contributed by atoms with van der Waals surface area (Å²) in [4.78, 5) is 11.7. The van der Waals surface area contributed by atoms with Gasteiger partial charge in [0, 0.05) is 27.8 Å². The van der Waals surface area contributed by atoms with Crippen molar-refractivity contribution in [3.63, 3.8) is 0 Å². The standard InChI is InChI=1S/C28H36Cl2N5OP/c1-5-22(29)17-26(37(3,4)36)19(2)32-27-25(30)18-31-28(34-27)33-23-11-8-20-9-12-24(13-10-21(20)16-23)35-14-6-7-15-35/h5,8,11,16-18,24H,1,6-7,9-10,12-15H2,2-4H3,(H2,31,32,33,34)/b22-17+,26-19-/t24-/m0/s1. The molecule has 2 aliphatic rings. The monoisotopic (exact) mass is 559 g/mol. The zero-order chi connectivity index (χ0) is 26.6. The van der Waals surface area contributed by atoms with E-state index < -0.39 is 7.14 Å². The Morgan fingerprint density at radius 3 is 2.57 bits per heavy atom. The lowest BCUT2D eigenvalue weighted by molar-refractivity contribution is 0.222. The van der Waals surface area contributed by atoms with Crippen molar-refractivity contribution >= 4 is 47.8 Å². The van der Waals surface area contributed by atoms with Crippen LogP contribution in [0.5, 0.6) is 0 Å². The number of hydrogen-bond acceptors (Lipinski definition) is 6. The molecule has 9 heteroatoms. The Hall–Kier alpha value is -2.11. The van der Waals surface area contributed by atoms with E-state index in [1.54, 1.807) is 25.6 Å². The van der Waals surface area contributed by atoms with E-state index in [1.807, 2.05) is 6.92 Å². The fraction of sp³-hybridized carbons (Fsp3) is 0.429. The minimum absolute atomic E-state index is 0.361. The second-order valence-corrected chi connectivity index (χ2v) is 14.2. The minimum Gasteiger partial charge on any atom is -0.342 e. The number of aryl methyl sites for hydroxylation is 2. The molecule has 0 radical (unpaired) electrons. The van der Waals surface area contributed by atoms with Crippen molar-refractivity contribution in [2.45, 2.75) is 51.5 Å². The van der Waals surface area contributed by atoms with Crippen molar-refractivity contribution in [3.8, 4) is 0 Å². The van der Waals surface area contributed by atoms with E-state index >= 15 is 0 Å². The van der Waals surface area contributed by atoms with Crippen LogP contribution in [0, 0.1) is 0 Å². The summed E-state index contributed by atoms with van der Waals surface area (Å²) < 4.78 is 12.9. The SMILES string of the molecule is C=C/C(Cl)=C\C(=C(/C)Nc1nc(Nc2ccc3c(c2)CC[C@@H](N2CCCC2)CC3)ncc1Cl)P(C)(C)=O. The molecule has 1 aliphatic heterocycles. The maximum atomic E-state index is 12.9. The fourth-order valence-corrected chi connectivity index (χ4v) is 6.82. The first-order chi connectivity index (χ1) is 17.6. The van der Waals surface area contributed by atoms with Crippen LogP contribution in [-0.2, 0) is 17.4 Å². The molecular weight excluding hydrogens is 524 g/mol. The zero-order valence-corrected chi connectivity index (χ0v) is 24.3. The topological polar surface area (TPSA) is 70.2 Å². The van der Waals surface area contributed by atoms with Crippen LogP contribution in [0.2, 0.25) is 5.02 Å². The van der Waals surface area contributed by atoms with Gasteiger partial charge in [-0.2, -0.15) is 4.98 Å². The Morgan fingerprint density at radius 2 is 1.89 bits per heavy atom. The molecule has 0 unspecified atom stereocenters. The third-order valence-corrected chi connectivity index (χ3v) is 9.26. The molecular formula is C28H36Cl2N5OP. The average Bonchev–Trinajstić information content (AvgIpc) is 3.31. The van der Waals surface area contributed by atoms with Gasteiger partial charge in [-0.1, -0.05) is 41.9 Å². The van der Waals surface area contributed by atoms with Gasteiger partial charge >= 0.3 is 0 Å². The molecule has 1 aliphatic carbocycles. The number of likely N-dealkylation sites (tertiary alicyclic amines) is 1. The Kier molecular flexibility index (Phi) is 9.18. The molecule has 0 saturated carbocycles. The van der Waals surface area contributed by atoms with Crippen molar-refractivity contribution in [1.29, 1.82) is 0 Å². The smallest absolute Gasteiger partial charge is 0.229 e. The summed E-state index contributed by atoms with van der Waals surface area (Å²) in [5, 5.41) is 7.90. The van der Waals surface area contributed by atoms with Gasteiger partial charge in [0.15, 0.2) is 5.82 Å². The summed E-state index contributed by atoms with van der Waals surface area (Å²) in [6.45, 7) is 11.4. The van der Waals surface area contributed by atoms with Gasteiger partial charge in [0.25, 0.3) is 0 Å². The summed E-state index contributed by atoms with van der Waals surface area (Å²) in [7, 11) is -2.64. The number of nitrogens with zero attached hydrogens (tertiary/aromatic N) is 3. The molecule has 4 rings (SSSR count). The quantitative estimate of drug-likeness (QED) is 0.195. The summed E-state index contributed by atoms with van der Waals surface area (Å²) in [6.07, 6.45) is 12.1. The first-order valence-electron chi connectivity index (χ1n) is 12.8. The molecule has 2 N–H and O–H groups in total. The predicted molar refractivity (Wildman–Crippen MR) is 158 cm³/mol. The Labute approximate surface area is 230 Å². The van der Waals surface area contributed by atoms with Gasteiger partial charge in [-0.05, 0) is 101 Å². The summed E-state index contributed by atoms with van der Waals surface area (Å²) in [6, 6.07) is 7.24. The highest BCUT2D eigenvalue weighted by Gasteiger charge is 2.24. The van der Waals surface area contributed by atoms with Gasteiger partial charge in [0.1, 0.15) is 12.2 Å². The van der Waals surface area contributed by atoms with Gasteiger partial charge in [-0.15, -0.1) is 0 Å². The first kappa shape index (κ1) is 27.9. The molecule has 198 valence electrons. The molecule has 37 heavy (non-hydrogen) atoms. The van der Waals surface area contributed by atoms with E-state index in [0.717, 1.165) is 18.5 Å². The molecule has 0 spiro atoms. The molecule has 2 aromatic rings. The molecule has 0 amide bonds. The molecule has 1 atom stereocenters. The highest BCUT2D eigenvalue weighted by Crippen LogP contribution is 2.49. The number of rotatable bonds is 8. The highest BCUT2D eigenvalue weighted by atomic mass is 35.5. The number of aromatic nitrogens is 2. The lowest BCUT2D eigenvalue weighted by Crippen LogP contribution is -2.32. The fourth-order valence-electron chi connectivity index (χ4n) is 5.18. The van der Waals surface area contributed by atoms with Crippen LogP contribution in [0.15, 0.2) is 59.2 Å².